The van der Waals surface area contributed by atoms with E-state index in [9.17, 15) is 0 Å². The maximum Gasteiger partial charge on any atom is 0.202 e. The second-order valence-electron chi connectivity index (χ2n) is 2.24. The molecule has 1 rings (SSSR count). The summed E-state index contributed by atoms with van der Waals surface area (Å²) in [7, 11) is 0. The largest absolute Gasteiger partial charge is 0.360 e. The lowest BCUT2D eigenvalue weighted by Crippen LogP contribution is -2.05. The Morgan fingerprint density at radius 1 is 1.82 bits per heavy atom. The number of anilines is 1. The van der Waals surface area contributed by atoms with Crippen LogP contribution in [-0.4, -0.2) is 21.3 Å². The Kier molecular flexibility index (Phi) is 3.59. The van der Waals surface area contributed by atoms with E-state index in [1.165, 1.54) is 17.9 Å². The molecule has 0 aliphatic rings. The van der Waals surface area contributed by atoms with Crippen LogP contribution in [0.1, 0.15) is 13.3 Å². The van der Waals surface area contributed by atoms with Gasteiger partial charge in [-0.15, -0.1) is 11.6 Å². The molecule has 1 aromatic heterocycles. The molecule has 0 aliphatic carbocycles. The minimum atomic E-state index is 0.218. The van der Waals surface area contributed by atoms with Gasteiger partial charge in [-0.1, -0.05) is 0 Å². The third-order valence-electron chi connectivity index (χ3n) is 1.18. The molecule has 0 fully saturated rings. The molecule has 5 heteroatoms. The standard InChI is InChI=1S/C6H10ClN3S/c1-5(7)2-3-8-6-9-4-10-11-6/h4-5H,2-3H2,1H3,(H,8,9,10). The lowest BCUT2D eigenvalue weighted by atomic mass is 10.3. The molecule has 0 aromatic carbocycles. The topological polar surface area (TPSA) is 37.8 Å². The average Bonchev–Trinajstić information content (AvgIpc) is 2.39. The van der Waals surface area contributed by atoms with Crippen molar-refractivity contribution in [3.05, 3.63) is 6.33 Å². The van der Waals surface area contributed by atoms with Crippen LogP contribution < -0.4 is 5.32 Å². The van der Waals surface area contributed by atoms with Crippen molar-refractivity contribution < 1.29 is 0 Å². The van der Waals surface area contributed by atoms with Gasteiger partial charge in [-0.05, 0) is 13.3 Å². The number of hydrogen-bond acceptors (Lipinski definition) is 4. The van der Waals surface area contributed by atoms with Gasteiger partial charge in [0.05, 0.1) is 0 Å². The summed E-state index contributed by atoms with van der Waals surface area (Å²) in [4.78, 5) is 3.97. The molecule has 0 spiro atoms. The van der Waals surface area contributed by atoms with E-state index in [1.54, 1.807) is 0 Å². The van der Waals surface area contributed by atoms with Crippen LogP contribution in [0, 0.1) is 0 Å². The molecule has 1 aromatic rings. The molecule has 1 atom stereocenters. The van der Waals surface area contributed by atoms with Crippen LogP contribution in [-0.2, 0) is 0 Å². The fraction of sp³-hybridized carbons (Fsp3) is 0.667. The Morgan fingerprint density at radius 3 is 3.18 bits per heavy atom. The molecule has 62 valence electrons. The number of halogens is 1. The Morgan fingerprint density at radius 2 is 2.64 bits per heavy atom. The summed E-state index contributed by atoms with van der Waals surface area (Å²) in [5.41, 5.74) is 0. The normalized spacial score (nSPS) is 12.9. The van der Waals surface area contributed by atoms with E-state index in [-0.39, 0.29) is 5.38 Å². The van der Waals surface area contributed by atoms with Gasteiger partial charge in [-0.3, -0.25) is 0 Å². The highest BCUT2D eigenvalue weighted by molar-refractivity contribution is 7.09. The van der Waals surface area contributed by atoms with Gasteiger partial charge in [0.1, 0.15) is 6.33 Å². The molecule has 0 amide bonds. The summed E-state index contributed by atoms with van der Waals surface area (Å²) in [5, 5.41) is 4.20. The molecular formula is C6H10ClN3S. The molecule has 0 radical (unpaired) electrons. The molecule has 1 unspecified atom stereocenters. The van der Waals surface area contributed by atoms with Gasteiger partial charge in [0.15, 0.2) is 0 Å². The Balaban J connectivity index is 2.14. The first-order chi connectivity index (χ1) is 5.29. The van der Waals surface area contributed by atoms with Crippen molar-refractivity contribution in [1.82, 2.24) is 9.36 Å². The molecular weight excluding hydrogens is 182 g/mol. The first kappa shape index (κ1) is 8.74. The fourth-order valence-corrected chi connectivity index (χ4v) is 1.19. The summed E-state index contributed by atoms with van der Waals surface area (Å²) < 4.78 is 3.86. The minimum Gasteiger partial charge on any atom is -0.360 e. The van der Waals surface area contributed by atoms with Crippen molar-refractivity contribution in [2.75, 3.05) is 11.9 Å². The average molecular weight is 192 g/mol. The maximum absolute atomic E-state index is 5.75. The lowest BCUT2D eigenvalue weighted by molar-refractivity contribution is 0.842. The molecule has 0 saturated heterocycles. The summed E-state index contributed by atoms with van der Waals surface area (Å²) >= 11 is 7.10. The molecule has 11 heavy (non-hydrogen) atoms. The smallest absolute Gasteiger partial charge is 0.202 e. The van der Waals surface area contributed by atoms with Crippen molar-refractivity contribution in [2.24, 2.45) is 0 Å². The molecule has 0 bridgehead atoms. The second-order valence-corrected chi connectivity index (χ2v) is 3.77. The van der Waals surface area contributed by atoms with Crippen molar-refractivity contribution in [1.29, 1.82) is 0 Å². The van der Waals surface area contributed by atoms with E-state index in [4.69, 9.17) is 11.6 Å². The fourth-order valence-electron chi connectivity index (χ4n) is 0.629. The Bertz CT molecular complexity index is 188. The zero-order valence-corrected chi connectivity index (χ0v) is 7.82. The van der Waals surface area contributed by atoms with Crippen LogP contribution >= 0.6 is 23.1 Å². The van der Waals surface area contributed by atoms with Gasteiger partial charge in [0.2, 0.25) is 5.13 Å². The van der Waals surface area contributed by atoms with Crippen molar-refractivity contribution >= 4 is 28.3 Å². The van der Waals surface area contributed by atoms with Gasteiger partial charge in [0.25, 0.3) is 0 Å². The van der Waals surface area contributed by atoms with Crippen LogP contribution in [0.3, 0.4) is 0 Å². The van der Waals surface area contributed by atoms with E-state index >= 15 is 0 Å². The Labute approximate surface area is 75.0 Å². The van der Waals surface area contributed by atoms with Crippen molar-refractivity contribution in [3.63, 3.8) is 0 Å². The number of nitrogens with zero attached hydrogens (tertiary/aromatic N) is 2. The maximum atomic E-state index is 5.75. The van der Waals surface area contributed by atoms with E-state index in [1.807, 2.05) is 6.92 Å². The van der Waals surface area contributed by atoms with Crippen LogP contribution in [0.5, 0.6) is 0 Å². The van der Waals surface area contributed by atoms with Gasteiger partial charge in [-0.25, -0.2) is 4.98 Å². The summed E-state index contributed by atoms with van der Waals surface area (Å²) in [6.07, 6.45) is 2.48. The monoisotopic (exact) mass is 191 g/mol. The number of nitrogens with one attached hydrogen (secondary N) is 1. The molecule has 0 saturated carbocycles. The zero-order valence-electron chi connectivity index (χ0n) is 6.25. The van der Waals surface area contributed by atoms with Gasteiger partial charge >= 0.3 is 0 Å². The SMILES string of the molecule is CC(Cl)CCNc1ncns1. The van der Waals surface area contributed by atoms with Gasteiger partial charge in [0, 0.05) is 23.5 Å². The predicted octanol–water partition coefficient (Wildman–Crippen LogP) is 1.97. The first-order valence-corrected chi connectivity index (χ1v) is 4.64. The summed E-state index contributed by atoms with van der Waals surface area (Å²) in [6.45, 7) is 2.84. The quantitative estimate of drug-likeness (QED) is 0.740. The predicted molar refractivity (Wildman–Crippen MR) is 48.3 cm³/mol. The van der Waals surface area contributed by atoms with Crippen LogP contribution in [0.15, 0.2) is 6.33 Å². The minimum absolute atomic E-state index is 0.218. The summed E-state index contributed by atoms with van der Waals surface area (Å²) in [6, 6.07) is 0. The van der Waals surface area contributed by atoms with Crippen LogP contribution in [0.4, 0.5) is 5.13 Å². The Hall–Kier alpha value is -0.350. The third-order valence-corrected chi connectivity index (χ3v) is 2.02. The first-order valence-electron chi connectivity index (χ1n) is 3.43. The van der Waals surface area contributed by atoms with E-state index < -0.39 is 0 Å². The van der Waals surface area contributed by atoms with Gasteiger partial charge in [-0.2, -0.15) is 4.37 Å². The number of alkyl halides is 1. The van der Waals surface area contributed by atoms with E-state index in [0.29, 0.717) is 0 Å². The lowest BCUT2D eigenvalue weighted by Gasteiger charge is -2.02. The molecule has 1 N–H and O–H groups in total. The highest BCUT2D eigenvalue weighted by Gasteiger charge is 1.97. The van der Waals surface area contributed by atoms with Crippen molar-refractivity contribution in [2.45, 2.75) is 18.7 Å². The highest BCUT2D eigenvalue weighted by atomic mass is 35.5. The van der Waals surface area contributed by atoms with Gasteiger partial charge < -0.3 is 5.32 Å². The number of aromatic nitrogens is 2. The van der Waals surface area contributed by atoms with Crippen molar-refractivity contribution in [3.8, 4) is 0 Å². The molecule has 1 heterocycles. The van der Waals surface area contributed by atoms with Crippen LogP contribution in [0.2, 0.25) is 0 Å². The summed E-state index contributed by atoms with van der Waals surface area (Å²) in [5.74, 6) is 0. The molecule has 0 aliphatic heterocycles. The molecule has 3 nitrogen and oxygen atoms in total. The van der Waals surface area contributed by atoms with E-state index in [0.717, 1.165) is 18.1 Å². The van der Waals surface area contributed by atoms with E-state index in [2.05, 4.69) is 14.7 Å². The van der Waals surface area contributed by atoms with Crippen LogP contribution in [0.25, 0.3) is 0 Å². The number of rotatable bonds is 4. The zero-order chi connectivity index (χ0) is 8.10. The number of hydrogen-bond donors (Lipinski definition) is 1. The third kappa shape index (κ3) is 3.53. The highest BCUT2D eigenvalue weighted by Crippen LogP contribution is 2.07. The second kappa shape index (κ2) is 4.51.